The van der Waals surface area contributed by atoms with Crippen LogP contribution < -0.4 is 5.32 Å². The maximum absolute atomic E-state index is 3.44. The average Bonchev–Trinajstić information content (AvgIpc) is 2.38. The maximum Gasteiger partial charge on any atom is 0.0145 e. The van der Waals surface area contributed by atoms with Crippen LogP contribution in [0.5, 0.6) is 0 Å². The fourth-order valence-electron chi connectivity index (χ4n) is 2.38. The van der Waals surface area contributed by atoms with Gasteiger partial charge in [-0.3, -0.25) is 0 Å². The Balaban J connectivity index is 2.05. The molecule has 0 aromatic rings. The monoisotopic (exact) mass is 140 g/mol. The molecule has 0 aliphatic carbocycles. The third-order valence-corrected chi connectivity index (χ3v) is 3.39. The molecule has 2 atom stereocenters. The van der Waals surface area contributed by atoms with E-state index < -0.39 is 0 Å². The minimum Gasteiger partial charge on any atom is -0.316 e. The fraction of sp³-hybridized carbons (Fsp3) is 1.00. The van der Waals surface area contributed by atoms with Crippen LogP contribution in [0.2, 0.25) is 0 Å². The highest BCUT2D eigenvalue weighted by atomic mass is 15.2. The van der Waals surface area contributed by atoms with Gasteiger partial charge in [0.2, 0.25) is 0 Å². The quantitative estimate of drug-likeness (QED) is 0.520. The molecule has 1 N–H and O–H groups in total. The van der Waals surface area contributed by atoms with Gasteiger partial charge in [-0.2, -0.15) is 0 Å². The van der Waals surface area contributed by atoms with E-state index in [2.05, 4.69) is 24.2 Å². The summed E-state index contributed by atoms with van der Waals surface area (Å²) in [6.07, 6.45) is 1.39. The van der Waals surface area contributed by atoms with Crippen molar-refractivity contribution in [2.75, 3.05) is 26.7 Å². The van der Waals surface area contributed by atoms with Crippen molar-refractivity contribution in [3.8, 4) is 0 Å². The number of nitrogens with zero attached hydrogens (tertiary/aromatic N) is 1. The van der Waals surface area contributed by atoms with Crippen LogP contribution in [0.15, 0.2) is 0 Å². The molecule has 1 spiro atoms. The molecule has 2 fully saturated rings. The van der Waals surface area contributed by atoms with Crippen molar-refractivity contribution in [2.45, 2.75) is 19.4 Å². The van der Waals surface area contributed by atoms with Crippen LogP contribution in [0.3, 0.4) is 0 Å². The molecule has 0 aromatic heterocycles. The van der Waals surface area contributed by atoms with Crippen LogP contribution in [0, 0.1) is 5.41 Å². The Morgan fingerprint density at radius 3 is 2.80 bits per heavy atom. The lowest BCUT2D eigenvalue weighted by atomic mass is 9.72. The predicted molar refractivity (Wildman–Crippen MR) is 42.0 cm³/mol. The summed E-state index contributed by atoms with van der Waals surface area (Å²) in [7, 11) is 2.22. The molecule has 0 saturated carbocycles. The molecule has 2 rings (SSSR count). The molecule has 58 valence electrons. The Morgan fingerprint density at radius 1 is 1.60 bits per heavy atom. The van der Waals surface area contributed by atoms with Gasteiger partial charge in [-0.1, -0.05) is 0 Å². The highest BCUT2D eigenvalue weighted by Crippen LogP contribution is 2.40. The van der Waals surface area contributed by atoms with Crippen LogP contribution in [0.1, 0.15) is 13.3 Å². The second-order valence-corrected chi connectivity index (χ2v) is 3.88. The summed E-state index contributed by atoms with van der Waals surface area (Å²) < 4.78 is 0. The number of rotatable bonds is 0. The van der Waals surface area contributed by atoms with Crippen molar-refractivity contribution >= 4 is 0 Å². The van der Waals surface area contributed by atoms with Crippen molar-refractivity contribution < 1.29 is 0 Å². The molecule has 2 aliphatic rings. The summed E-state index contributed by atoms with van der Waals surface area (Å²) in [4.78, 5) is 2.44. The van der Waals surface area contributed by atoms with Crippen LogP contribution >= 0.6 is 0 Å². The van der Waals surface area contributed by atoms with E-state index in [0.717, 1.165) is 6.04 Å². The van der Waals surface area contributed by atoms with E-state index >= 15 is 0 Å². The molecule has 0 aromatic carbocycles. The second kappa shape index (κ2) is 1.95. The molecule has 0 amide bonds. The summed E-state index contributed by atoms with van der Waals surface area (Å²) in [5.41, 5.74) is 0.661. The Labute approximate surface area is 62.6 Å². The maximum atomic E-state index is 3.44. The molecule has 2 heteroatoms. The molecule has 0 bridgehead atoms. The number of nitrogens with one attached hydrogen (secondary N) is 1. The first-order valence-corrected chi connectivity index (χ1v) is 4.16. The van der Waals surface area contributed by atoms with E-state index in [1.807, 2.05) is 0 Å². The topological polar surface area (TPSA) is 15.3 Å². The largest absolute Gasteiger partial charge is 0.316 e. The number of hydrogen-bond donors (Lipinski definition) is 1. The molecule has 0 radical (unpaired) electrons. The molecular weight excluding hydrogens is 124 g/mol. The standard InChI is InChI=1S/C8H16N2/c1-7-8(6-10(7)2)3-4-9-5-8/h7,9H,3-6H2,1-2H3. The minimum atomic E-state index is 0.661. The average molecular weight is 140 g/mol. The van der Waals surface area contributed by atoms with E-state index in [4.69, 9.17) is 0 Å². The molecule has 2 nitrogen and oxygen atoms in total. The van der Waals surface area contributed by atoms with Gasteiger partial charge in [0.1, 0.15) is 0 Å². The van der Waals surface area contributed by atoms with Crippen LogP contribution in [0.25, 0.3) is 0 Å². The van der Waals surface area contributed by atoms with Crippen molar-refractivity contribution in [1.82, 2.24) is 10.2 Å². The Morgan fingerprint density at radius 2 is 2.40 bits per heavy atom. The van der Waals surface area contributed by atoms with Crippen LogP contribution in [0.4, 0.5) is 0 Å². The Hall–Kier alpha value is -0.0800. The highest BCUT2D eigenvalue weighted by molar-refractivity contribution is 5.04. The molecule has 10 heavy (non-hydrogen) atoms. The second-order valence-electron chi connectivity index (χ2n) is 3.88. The third kappa shape index (κ3) is 0.663. The molecular formula is C8H16N2. The van der Waals surface area contributed by atoms with E-state index in [9.17, 15) is 0 Å². The van der Waals surface area contributed by atoms with Crippen molar-refractivity contribution in [2.24, 2.45) is 5.41 Å². The fourth-order valence-corrected chi connectivity index (χ4v) is 2.38. The van der Waals surface area contributed by atoms with Gasteiger partial charge in [-0.05, 0) is 26.9 Å². The van der Waals surface area contributed by atoms with Gasteiger partial charge in [-0.15, -0.1) is 0 Å². The minimum absolute atomic E-state index is 0.661. The molecule has 2 heterocycles. The normalized spacial score (nSPS) is 48.0. The Bertz CT molecular complexity index is 138. The summed E-state index contributed by atoms with van der Waals surface area (Å²) in [5.74, 6) is 0. The van der Waals surface area contributed by atoms with Gasteiger partial charge in [-0.25, -0.2) is 0 Å². The Kier molecular flexibility index (Phi) is 1.29. The lowest BCUT2D eigenvalue weighted by Crippen LogP contribution is -2.62. The third-order valence-electron chi connectivity index (χ3n) is 3.39. The lowest BCUT2D eigenvalue weighted by molar-refractivity contribution is -0.0298. The van der Waals surface area contributed by atoms with E-state index in [0.29, 0.717) is 5.41 Å². The van der Waals surface area contributed by atoms with Gasteiger partial charge in [0.25, 0.3) is 0 Å². The van der Waals surface area contributed by atoms with E-state index in [1.54, 1.807) is 0 Å². The molecule has 2 aliphatic heterocycles. The van der Waals surface area contributed by atoms with Crippen molar-refractivity contribution in [3.63, 3.8) is 0 Å². The zero-order chi connectivity index (χ0) is 7.19. The predicted octanol–water partition coefficient (Wildman–Crippen LogP) is 0.300. The van der Waals surface area contributed by atoms with E-state index in [-0.39, 0.29) is 0 Å². The summed E-state index contributed by atoms with van der Waals surface area (Å²) in [5, 5.41) is 3.44. The SMILES string of the molecule is CC1N(C)CC12CCNC2. The van der Waals surface area contributed by atoms with Crippen LogP contribution in [-0.2, 0) is 0 Å². The van der Waals surface area contributed by atoms with Gasteiger partial charge < -0.3 is 10.2 Å². The van der Waals surface area contributed by atoms with E-state index in [1.165, 1.54) is 26.1 Å². The zero-order valence-electron chi connectivity index (χ0n) is 6.85. The zero-order valence-corrected chi connectivity index (χ0v) is 6.85. The summed E-state index contributed by atoms with van der Waals surface area (Å²) >= 11 is 0. The van der Waals surface area contributed by atoms with Crippen molar-refractivity contribution in [1.29, 1.82) is 0 Å². The van der Waals surface area contributed by atoms with Gasteiger partial charge >= 0.3 is 0 Å². The summed E-state index contributed by atoms with van der Waals surface area (Å²) in [6.45, 7) is 6.13. The first-order chi connectivity index (χ1) is 4.75. The van der Waals surface area contributed by atoms with Gasteiger partial charge in [0, 0.05) is 24.5 Å². The van der Waals surface area contributed by atoms with Gasteiger partial charge in [0.05, 0.1) is 0 Å². The number of likely N-dealkylation sites (tertiary alicyclic amines) is 1. The van der Waals surface area contributed by atoms with Crippen molar-refractivity contribution in [3.05, 3.63) is 0 Å². The molecule has 2 saturated heterocycles. The molecule has 2 unspecified atom stereocenters. The van der Waals surface area contributed by atoms with Crippen LogP contribution in [-0.4, -0.2) is 37.6 Å². The first kappa shape index (κ1) is 6.62. The van der Waals surface area contributed by atoms with Gasteiger partial charge in [0.15, 0.2) is 0 Å². The first-order valence-electron chi connectivity index (χ1n) is 4.16. The summed E-state index contributed by atoms with van der Waals surface area (Å²) in [6, 6.07) is 0.808. The number of hydrogen-bond acceptors (Lipinski definition) is 2. The highest BCUT2D eigenvalue weighted by Gasteiger charge is 2.49. The smallest absolute Gasteiger partial charge is 0.0145 e. The lowest BCUT2D eigenvalue weighted by Gasteiger charge is -2.52.